The van der Waals surface area contributed by atoms with E-state index in [4.69, 9.17) is 14.2 Å². The fourth-order valence-corrected chi connectivity index (χ4v) is 4.83. The van der Waals surface area contributed by atoms with Gasteiger partial charge in [-0.25, -0.2) is 0 Å². The number of nitrogens with one attached hydrogen (secondary N) is 1. The van der Waals surface area contributed by atoms with E-state index in [-0.39, 0.29) is 49.2 Å². The second kappa shape index (κ2) is 10.6. The van der Waals surface area contributed by atoms with Crippen LogP contribution in [0, 0.1) is 11.8 Å². The molecule has 1 fully saturated rings. The number of carbonyl (C=O) groups excluding carboxylic acids is 2. The first-order chi connectivity index (χ1) is 17.8. The summed E-state index contributed by atoms with van der Waals surface area (Å²) >= 11 is 0. The molecule has 2 aliphatic heterocycles. The molecule has 5 rings (SSSR count). The lowest BCUT2D eigenvalue weighted by Gasteiger charge is -2.38. The molecule has 0 bridgehead atoms. The average Bonchev–Trinajstić information content (AvgIpc) is 3.64. The zero-order valence-corrected chi connectivity index (χ0v) is 21.6. The zero-order valence-electron chi connectivity index (χ0n) is 21.6. The molecular weight excluding hydrogens is 474 g/mol. The molecule has 1 saturated carbocycles. The van der Waals surface area contributed by atoms with Crippen LogP contribution in [0.3, 0.4) is 0 Å². The Hall–Kier alpha value is -3.30. The van der Waals surface area contributed by atoms with E-state index in [1.54, 1.807) is 23.1 Å². The summed E-state index contributed by atoms with van der Waals surface area (Å²) in [7, 11) is 2.04. The molecule has 3 atom stereocenters. The van der Waals surface area contributed by atoms with Crippen LogP contribution in [0.25, 0.3) is 0 Å². The molecule has 2 aromatic rings. The van der Waals surface area contributed by atoms with Gasteiger partial charge < -0.3 is 29.5 Å². The zero-order chi connectivity index (χ0) is 26.1. The number of benzene rings is 2. The average molecular weight is 510 g/mol. The molecule has 37 heavy (non-hydrogen) atoms. The quantitative estimate of drug-likeness (QED) is 0.564. The molecule has 9 nitrogen and oxygen atoms in total. The minimum absolute atomic E-state index is 0.0135. The van der Waals surface area contributed by atoms with Crippen molar-refractivity contribution in [2.24, 2.45) is 11.8 Å². The minimum atomic E-state index is -0.349. The van der Waals surface area contributed by atoms with Gasteiger partial charge in [-0.15, -0.1) is 0 Å². The second-order valence-corrected chi connectivity index (χ2v) is 10.5. The van der Waals surface area contributed by atoms with Crippen molar-refractivity contribution in [2.75, 3.05) is 38.9 Å². The third-order valence-corrected chi connectivity index (χ3v) is 7.26. The van der Waals surface area contributed by atoms with Crippen LogP contribution in [0.4, 0.5) is 5.69 Å². The number of rotatable bonds is 8. The Labute approximate surface area is 217 Å². The number of hydrogen-bond donors (Lipinski definition) is 2. The summed E-state index contributed by atoms with van der Waals surface area (Å²) in [5, 5.41) is 12.8. The summed E-state index contributed by atoms with van der Waals surface area (Å²) in [5.41, 5.74) is 2.07. The molecule has 9 heteroatoms. The van der Waals surface area contributed by atoms with Gasteiger partial charge in [0, 0.05) is 37.2 Å². The molecule has 2 aromatic carbocycles. The van der Waals surface area contributed by atoms with E-state index in [2.05, 4.69) is 17.1 Å². The predicted octanol–water partition coefficient (Wildman–Crippen LogP) is 3.12. The Bertz CT molecular complexity index is 1170. The maximum atomic E-state index is 13.6. The number of aliphatic hydroxyl groups excluding tert-OH is 1. The summed E-state index contributed by atoms with van der Waals surface area (Å²) in [6, 6.07) is 10.8. The van der Waals surface area contributed by atoms with Crippen LogP contribution in [0.1, 0.15) is 42.6 Å². The Morgan fingerprint density at radius 2 is 1.92 bits per heavy atom. The van der Waals surface area contributed by atoms with Crippen molar-refractivity contribution in [3.63, 3.8) is 0 Å². The molecule has 198 valence electrons. The number of ether oxygens (including phenoxy) is 3. The maximum absolute atomic E-state index is 13.6. The van der Waals surface area contributed by atoms with E-state index in [0.717, 1.165) is 29.9 Å². The number of aliphatic hydroxyl groups is 1. The third kappa shape index (κ3) is 5.67. The highest BCUT2D eigenvalue weighted by molar-refractivity contribution is 6.00. The van der Waals surface area contributed by atoms with Gasteiger partial charge in [0.15, 0.2) is 11.5 Å². The van der Waals surface area contributed by atoms with E-state index in [1.807, 2.05) is 32.2 Å². The lowest BCUT2D eigenvalue weighted by atomic mass is 9.99. The molecule has 0 aromatic heterocycles. The Morgan fingerprint density at radius 1 is 1.16 bits per heavy atom. The molecule has 0 saturated heterocycles. The Kier molecular flexibility index (Phi) is 7.26. The van der Waals surface area contributed by atoms with Crippen LogP contribution in [-0.4, -0.2) is 72.4 Å². The highest BCUT2D eigenvalue weighted by Gasteiger charge is 2.34. The van der Waals surface area contributed by atoms with Crippen molar-refractivity contribution >= 4 is 17.5 Å². The summed E-state index contributed by atoms with van der Waals surface area (Å²) in [6.45, 7) is 5.78. The fraction of sp³-hybridized carbons (Fsp3) is 0.500. The van der Waals surface area contributed by atoms with Crippen LogP contribution < -0.4 is 19.5 Å². The summed E-state index contributed by atoms with van der Waals surface area (Å²) in [5.74, 6) is 1.85. The van der Waals surface area contributed by atoms with Gasteiger partial charge in [-0.05, 0) is 62.7 Å². The SMILES string of the molecule is C[C@H]1CN([C@@H](C)CO)C(=O)c2cc(NC(=O)C3CC3)ccc2O[C@@H]1CN(C)Cc1ccc2c(c1)OCO2. The molecular formula is C28H35N3O6. The number of anilines is 1. The highest BCUT2D eigenvalue weighted by atomic mass is 16.7. The molecule has 2 heterocycles. The molecule has 1 aliphatic carbocycles. The standard InChI is InChI=1S/C28H35N3O6/c1-17-12-31(18(2)15-32)28(34)22-11-21(29-27(33)20-5-6-20)7-9-23(22)37-26(17)14-30(3)13-19-4-8-24-25(10-19)36-16-35-24/h4,7-11,17-18,20,26,32H,5-6,12-16H2,1-3H3,(H,29,33)/t17-,18-,26+/m0/s1. The number of carbonyl (C=O) groups is 2. The second-order valence-electron chi connectivity index (χ2n) is 10.5. The maximum Gasteiger partial charge on any atom is 0.258 e. The van der Waals surface area contributed by atoms with Gasteiger partial charge in [-0.3, -0.25) is 14.5 Å². The van der Waals surface area contributed by atoms with Gasteiger partial charge in [0.1, 0.15) is 11.9 Å². The largest absolute Gasteiger partial charge is 0.488 e. The first kappa shape index (κ1) is 25.4. The van der Waals surface area contributed by atoms with Crippen LogP contribution in [0.2, 0.25) is 0 Å². The number of hydrogen-bond acceptors (Lipinski definition) is 7. The van der Waals surface area contributed by atoms with Crippen LogP contribution >= 0.6 is 0 Å². The summed E-state index contributed by atoms with van der Waals surface area (Å²) < 4.78 is 17.4. The fourth-order valence-electron chi connectivity index (χ4n) is 4.83. The third-order valence-electron chi connectivity index (χ3n) is 7.26. The first-order valence-corrected chi connectivity index (χ1v) is 12.9. The lowest BCUT2D eigenvalue weighted by Crippen LogP contribution is -2.49. The highest BCUT2D eigenvalue weighted by Crippen LogP contribution is 2.34. The van der Waals surface area contributed by atoms with Gasteiger partial charge in [0.05, 0.1) is 18.2 Å². The van der Waals surface area contributed by atoms with E-state index in [0.29, 0.717) is 36.6 Å². The molecule has 0 spiro atoms. The summed E-state index contributed by atoms with van der Waals surface area (Å²) in [6.07, 6.45) is 1.60. The van der Waals surface area contributed by atoms with Crippen LogP contribution in [0.15, 0.2) is 36.4 Å². The van der Waals surface area contributed by atoms with Crippen molar-refractivity contribution in [3.8, 4) is 17.2 Å². The molecule has 0 radical (unpaired) electrons. The normalized spacial score (nSPS) is 21.6. The molecule has 2 amide bonds. The topological polar surface area (TPSA) is 101 Å². The van der Waals surface area contributed by atoms with E-state index in [1.165, 1.54) is 0 Å². The van der Waals surface area contributed by atoms with E-state index >= 15 is 0 Å². The van der Waals surface area contributed by atoms with E-state index < -0.39 is 0 Å². The minimum Gasteiger partial charge on any atom is -0.488 e. The van der Waals surface area contributed by atoms with Crippen LogP contribution in [0.5, 0.6) is 17.2 Å². The Morgan fingerprint density at radius 3 is 2.68 bits per heavy atom. The van der Waals surface area contributed by atoms with Crippen molar-refractivity contribution in [1.82, 2.24) is 9.80 Å². The van der Waals surface area contributed by atoms with Crippen LogP contribution in [-0.2, 0) is 11.3 Å². The monoisotopic (exact) mass is 509 g/mol. The van der Waals surface area contributed by atoms with Gasteiger partial charge in [-0.1, -0.05) is 13.0 Å². The van der Waals surface area contributed by atoms with Crippen molar-refractivity contribution in [2.45, 2.75) is 45.4 Å². The lowest BCUT2D eigenvalue weighted by molar-refractivity contribution is -0.117. The van der Waals surface area contributed by atoms with Gasteiger partial charge in [0.25, 0.3) is 5.91 Å². The van der Waals surface area contributed by atoms with Crippen molar-refractivity contribution in [3.05, 3.63) is 47.5 Å². The number of nitrogens with zero attached hydrogens (tertiary/aromatic N) is 2. The molecule has 3 aliphatic rings. The molecule has 0 unspecified atom stereocenters. The van der Waals surface area contributed by atoms with Gasteiger partial charge >= 0.3 is 0 Å². The number of fused-ring (bicyclic) bond motifs is 2. The van der Waals surface area contributed by atoms with Gasteiger partial charge in [0.2, 0.25) is 12.7 Å². The van der Waals surface area contributed by atoms with E-state index in [9.17, 15) is 14.7 Å². The van der Waals surface area contributed by atoms with Crippen molar-refractivity contribution < 1.29 is 28.9 Å². The molecule has 2 N–H and O–H groups in total. The predicted molar refractivity (Wildman–Crippen MR) is 138 cm³/mol. The first-order valence-electron chi connectivity index (χ1n) is 12.9. The smallest absolute Gasteiger partial charge is 0.258 e. The Balaban J connectivity index is 1.36. The number of amides is 2. The van der Waals surface area contributed by atoms with Crippen molar-refractivity contribution in [1.29, 1.82) is 0 Å². The van der Waals surface area contributed by atoms with Gasteiger partial charge in [-0.2, -0.15) is 0 Å². The number of likely N-dealkylation sites (N-methyl/N-ethyl adjacent to an activating group) is 1. The summed E-state index contributed by atoms with van der Waals surface area (Å²) in [4.78, 5) is 29.8.